The molecular weight excluding hydrogens is 646 g/mol. The van der Waals surface area contributed by atoms with Crippen LogP contribution >= 0.6 is 0 Å². The van der Waals surface area contributed by atoms with E-state index in [0.29, 0.717) is 24.3 Å². The first-order valence-corrected chi connectivity index (χ1v) is 12.8. The Kier molecular flexibility index (Phi) is 8.91. The first kappa shape index (κ1) is 33.8. The molecule has 16 heteroatoms. The maximum Gasteiger partial charge on any atom is 0.433 e. The minimum Gasteiger partial charge on any atom is -0.478 e. The van der Waals surface area contributed by atoms with Crippen LogP contribution in [0.4, 0.5) is 26.3 Å². The highest BCUT2D eigenvalue weighted by atomic mass is 19.4. The largest absolute Gasteiger partial charge is 0.478 e. The van der Waals surface area contributed by atoms with Crippen molar-refractivity contribution in [2.24, 2.45) is 0 Å². The van der Waals surface area contributed by atoms with Gasteiger partial charge in [0.25, 0.3) is 5.67 Å². The number of alkyl halides is 6. The molecule has 4 aromatic carbocycles. The third kappa shape index (κ3) is 6.51. The predicted molar refractivity (Wildman–Crippen MR) is 146 cm³/mol. The van der Waals surface area contributed by atoms with Crippen molar-refractivity contribution in [2.45, 2.75) is 17.8 Å². The Morgan fingerprint density at radius 1 is 0.468 bits per heavy atom. The highest BCUT2D eigenvalue weighted by Gasteiger charge is 2.72. The third-order valence-corrected chi connectivity index (χ3v) is 6.63. The van der Waals surface area contributed by atoms with Crippen LogP contribution in [-0.2, 0) is 11.6 Å². The molecule has 0 aromatic heterocycles. The van der Waals surface area contributed by atoms with E-state index in [2.05, 4.69) is 0 Å². The van der Waals surface area contributed by atoms with Gasteiger partial charge in [-0.05, 0) is 60.7 Å². The SMILES string of the molecule is O=C(O)c1ccc(Oc2cccc(C(F)(F)C(F)(c3cccc(Oc4ccc(C(=O)O)c(C(=O)O)c4)c3)C(F)(F)F)c2)cc1C(=O)O. The lowest BCUT2D eigenvalue weighted by Crippen LogP contribution is -2.51. The standard InChI is InChI=1S/C31H18F6O10/c32-29(31(35,36)37,15-3-1-5-17(11-15)46-19-7-9-21(25(38)39)23(13-19)27(42)43)30(33,34)16-4-2-6-18(12-16)47-20-8-10-22(26(40)41)24(14-20)28(44)45/h1-14H,(H,38,39)(H,40,41)(H,42,43)(H,44,45). The molecule has 0 fully saturated rings. The average Bonchev–Trinajstić information content (AvgIpc) is 2.99. The number of carbonyl (C=O) groups is 4. The van der Waals surface area contributed by atoms with Crippen LogP contribution in [0.15, 0.2) is 84.9 Å². The van der Waals surface area contributed by atoms with E-state index in [0.717, 1.165) is 60.7 Å². The number of aromatic carboxylic acids is 4. The van der Waals surface area contributed by atoms with Crippen LogP contribution in [0.5, 0.6) is 23.0 Å². The molecule has 0 aliphatic heterocycles. The number of benzene rings is 4. The molecule has 0 bridgehead atoms. The zero-order valence-electron chi connectivity index (χ0n) is 23.1. The minimum atomic E-state index is -6.26. The fraction of sp³-hybridized carbons (Fsp3) is 0.0968. The highest BCUT2D eigenvalue weighted by Crippen LogP contribution is 2.57. The Morgan fingerprint density at radius 2 is 0.830 bits per heavy atom. The van der Waals surface area contributed by atoms with Gasteiger partial charge in [-0.25, -0.2) is 23.6 Å². The van der Waals surface area contributed by atoms with Crippen molar-refractivity contribution in [1.82, 2.24) is 0 Å². The quantitative estimate of drug-likeness (QED) is 0.117. The predicted octanol–water partition coefficient (Wildman–Crippen LogP) is 7.58. The second-order valence-electron chi connectivity index (χ2n) is 9.63. The highest BCUT2D eigenvalue weighted by molar-refractivity contribution is 6.02. The molecule has 0 spiro atoms. The van der Waals surface area contributed by atoms with E-state index in [4.69, 9.17) is 19.7 Å². The van der Waals surface area contributed by atoms with Gasteiger partial charge in [-0.3, -0.25) is 0 Å². The number of hydrogen-bond acceptors (Lipinski definition) is 6. The molecule has 0 saturated heterocycles. The third-order valence-electron chi connectivity index (χ3n) is 6.63. The van der Waals surface area contributed by atoms with Crippen molar-refractivity contribution in [3.8, 4) is 23.0 Å². The zero-order valence-corrected chi connectivity index (χ0v) is 23.1. The van der Waals surface area contributed by atoms with Crippen LogP contribution in [0, 0.1) is 0 Å². The number of hydrogen-bond donors (Lipinski definition) is 4. The zero-order chi connectivity index (χ0) is 34.9. The van der Waals surface area contributed by atoms with Gasteiger partial charge in [0.2, 0.25) is 0 Å². The maximum absolute atomic E-state index is 16.1. The molecule has 4 rings (SSSR count). The number of ether oxygens (including phenoxy) is 2. The summed E-state index contributed by atoms with van der Waals surface area (Å²) < 4.78 is 101. The Morgan fingerprint density at radius 3 is 1.21 bits per heavy atom. The van der Waals surface area contributed by atoms with Gasteiger partial charge in [0, 0.05) is 11.1 Å². The van der Waals surface area contributed by atoms with E-state index in [1.807, 2.05) is 0 Å². The van der Waals surface area contributed by atoms with Crippen molar-refractivity contribution in [2.75, 3.05) is 0 Å². The lowest BCUT2D eigenvalue weighted by molar-refractivity contribution is -0.314. The van der Waals surface area contributed by atoms with Gasteiger partial charge < -0.3 is 29.9 Å². The second-order valence-corrected chi connectivity index (χ2v) is 9.63. The van der Waals surface area contributed by atoms with E-state index in [9.17, 15) is 42.6 Å². The molecule has 0 aliphatic rings. The van der Waals surface area contributed by atoms with Gasteiger partial charge in [-0.1, -0.05) is 24.3 Å². The molecule has 10 nitrogen and oxygen atoms in total. The van der Waals surface area contributed by atoms with Crippen LogP contribution in [0.3, 0.4) is 0 Å². The molecule has 0 heterocycles. The summed E-state index contributed by atoms with van der Waals surface area (Å²) in [6.45, 7) is 0. The monoisotopic (exact) mass is 664 g/mol. The lowest BCUT2D eigenvalue weighted by Gasteiger charge is -2.35. The van der Waals surface area contributed by atoms with Crippen molar-refractivity contribution in [3.63, 3.8) is 0 Å². The van der Waals surface area contributed by atoms with E-state index >= 15 is 13.2 Å². The van der Waals surface area contributed by atoms with E-state index in [-0.39, 0.29) is 5.75 Å². The lowest BCUT2D eigenvalue weighted by atomic mass is 9.84. The summed E-state index contributed by atoms with van der Waals surface area (Å²) in [6.07, 6.45) is -6.26. The Labute approximate surface area is 258 Å². The molecule has 0 amide bonds. The summed E-state index contributed by atoms with van der Waals surface area (Å²) in [4.78, 5) is 45.4. The fourth-order valence-electron chi connectivity index (χ4n) is 4.42. The molecule has 1 unspecified atom stereocenters. The number of halogens is 6. The molecular formula is C31H18F6O10. The van der Waals surface area contributed by atoms with Gasteiger partial charge >= 0.3 is 36.0 Å². The van der Waals surface area contributed by atoms with Crippen molar-refractivity contribution < 1.29 is 75.4 Å². The van der Waals surface area contributed by atoms with Crippen LogP contribution < -0.4 is 9.47 Å². The summed E-state index contributed by atoms with van der Waals surface area (Å²) in [7, 11) is 0. The van der Waals surface area contributed by atoms with Crippen molar-refractivity contribution >= 4 is 23.9 Å². The van der Waals surface area contributed by atoms with Gasteiger partial charge in [0.15, 0.2) is 0 Å². The van der Waals surface area contributed by atoms with Crippen molar-refractivity contribution in [1.29, 1.82) is 0 Å². The van der Waals surface area contributed by atoms with Crippen LogP contribution in [0.25, 0.3) is 0 Å². The minimum absolute atomic E-state index is 0.310. The molecule has 0 aliphatic carbocycles. The summed E-state index contributed by atoms with van der Waals surface area (Å²) >= 11 is 0. The van der Waals surface area contributed by atoms with Crippen LogP contribution in [-0.4, -0.2) is 50.5 Å². The number of carboxylic acids is 4. The maximum atomic E-state index is 16.1. The van der Waals surface area contributed by atoms with Gasteiger partial charge in [-0.15, -0.1) is 0 Å². The van der Waals surface area contributed by atoms with Gasteiger partial charge in [-0.2, -0.15) is 22.0 Å². The van der Waals surface area contributed by atoms with Crippen molar-refractivity contribution in [3.05, 3.63) is 118 Å². The molecule has 244 valence electrons. The molecule has 0 radical (unpaired) electrons. The molecule has 0 saturated carbocycles. The summed E-state index contributed by atoms with van der Waals surface area (Å²) in [6, 6.07) is 10.2. The summed E-state index contributed by atoms with van der Waals surface area (Å²) in [5, 5.41) is 36.8. The first-order chi connectivity index (χ1) is 21.9. The van der Waals surface area contributed by atoms with E-state index in [1.54, 1.807) is 0 Å². The van der Waals surface area contributed by atoms with Gasteiger partial charge in [0.1, 0.15) is 23.0 Å². The van der Waals surface area contributed by atoms with Crippen LogP contribution in [0.1, 0.15) is 52.6 Å². The Hall–Kier alpha value is -6.06. The molecule has 1 atom stereocenters. The van der Waals surface area contributed by atoms with E-state index in [1.165, 1.54) is 0 Å². The normalized spacial score (nSPS) is 12.9. The number of carboxylic acid groups (broad SMARTS) is 4. The second kappa shape index (κ2) is 12.4. The molecule has 47 heavy (non-hydrogen) atoms. The fourth-order valence-corrected chi connectivity index (χ4v) is 4.42. The Bertz CT molecular complexity index is 1910. The topological polar surface area (TPSA) is 168 Å². The summed E-state index contributed by atoms with van der Waals surface area (Å²) in [5.74, 6) is -14.0. The average molecular weight is 664 g/mol. The van der Waals surface area contributed by atoms with Gasteiger partial charge in [0.05, 0.1) is 22.3 Å². The van der Waals surface area contributed by atoms with E-state index < -0.39 is 92.3 Å². The summed E-state index contributed by atoms with van der Waals surface area (Å²) in [5.41, 5.74) is -11.3. The molecule has 4 aromatic rings. The Balaban J connectivity index is 1.73. The smallest absolute Gasteiger partial charge is 0.433 e. The van der Waals surface area contributed by atoms with Crippen LogP contribution in [0.2, 0.25) is 0 Å². The first-order valence-electron chi connectivity index (χ1n) is 12.8. The molecule has 4 N–H and O–H groups in total. The number of rotatable bonds is 11.